The predicted octanol–water partition coefficient (Wildman–Crippen LogP) is 3.36. The van der Waals surface area contributed by atoms with Gasteiger partial charge in [0.25, 0.3) is 0 Å². The fraction of sp³-hybridized carbons (Fsp3) is 0.0667. The summed E-state index contributed by atoms with van der Waals surface area (Å²) in [4.78, 5) is 11.7. The van der Waals surface area contributed by atoms with Crippen LogP contribution in [-0.4, -0.2) is 5.97 Å². The molecule has 0 radical (unpaired) electrons. The lowest BCUT2D eigenvalue weighted by Gasteiger charge is -2.04. The number of nitriles is 1. The molecular weight excluding hydrogens is 262 g/mol. The minimum absolute atomic E-state index is 0.178. The van der Waals surface area contributed by atoms with Gasteiger partial charge in [-0.25, -0.2) is 0 Å². The highest BCUT2D eigenvalue weighted by molar-refractivity contribution is 6.30. The minimum Gasteiger partial charge on any atom is -0.426 e. The van der Waals surface area contributed by atoms with Gasteiger partial charge in [-0.2, -0.15) is 5.26 Å². The molecule has 94 valence electrons. The van der Waals surface area contributed by atoms with Crippen LogP contribution in [0.3, 0.4) is 0 Å². The van der Waals surface area contributed by atoms with E-state index in [9.17, 15) is 4.79 Å². The van der Waals surface area contributed by atoms with Crippen molar-refractivity contribution >= 4 is 17.6 Å². The zero-order chi connectivity index (χ0) is 13.7. The zero-order valence-corrected chi connectivity index (χ0v) is 10.7. The van der Waals surface area contributed by atoms with Gasteiger partial charge in [-0.1, -0.05) is 23.7 Å². The average molecular weight is 272 g/mol. The molecule has 0 heterocycles. The Kier molecular flexibility index (Phi) is 4.17. The summed E-state index contributed by atoms with van der Waals surface area (Å²) >= 11 is 5.76. The lowest BCUT2D eigenvalue weighted by molar-refractivity contribution is -0.133. The quantitative estimate of drug-likeness (QED) is 0.635. The molecule has 2 aromatic carbocycles. The minimum atomic E-state index is -0.355. The molecule has 0 N–H and O–H groups in total. The molecule has 0 spiro atoms. The van der Waals surface area contributed by atoms with E-state index in [4.69, 9.17) is 21.6 Å². The third-order valence-corrected chi connectivity index (χ3v) is 2.73. The summed E-state index contributed by atoms with van der Waals surface area (Å²) in [6, 6.07) is 15.4. The SMILES string of the molecule is N#Cc1ccc(OC(=O)Cc2ccc(Cl)cc2)cc1. The van der Waals surface area contributed by atoms with Crippen molar-refractivity contribution in [3.63, 3.8) is 0 Å². The summed E-state index contributed by atoms with van der Waals surface area (Å²) in [7, 11) is 0. The van der Waals surface area contributed by atoms with Gasteiger partial charge in [0.1, 0.15) is 5.75 Å². The number of rotatable bonds is 3. The van der Waals surface area contributed by atoms with E-state index in [-0.39, 0.29) is 12.4 Å². The van der Waals surface area contributed by atoms with Crippen molar-refractivity contribution < 1.29 is 9.53 Å². The molecule has 0 atom stereocenters. The van der Waals surface area contributed by atoms with E-state index in [0.717, 1.165) is 5.56 Å². The Balaban J connectivity index is 1.97. The monoisotopic (exact) mass is 271 g/mol. The van der Waals surface area contributed by atoms with Gasteiger partial charge in [0.05, 0.1) is 18.1 Å². The molecule has 0 aliphatic rings. The molecule has 0 fully saturated rings. The largest absolute Gasteiger partial charge is 0.426 e. The van der Waals surface area contributed by atoms with Crippen LogP contribution in [0, 0.1) is 11.3 Å². The first kappa shape index (κ1) is 13.1. The molecule has 0 unspecified atom stereocenters. The maximum atomic E-state index is 11.7. The lowest BCUT2D eigenvalue weighted by Crippen LogP contribution is -2.11. The van der Waals surface area contributed by atoms with Crippen LogP contribution in [0.5, 0.6) is 5.75 Å². The first-order valence-corrected chi connectivity index (χ1v) is 6.00. The van der Waals surface area contributed by atoms with E-state index in [0.29, 0.717) is 16.3 Å². The van der Waals surface area contributed by atoms with E-state index in [1.807, 2.05) is 6.07 Å². The van der Waals surface area contributed by atoms with Crippen LogP contribution < -0.4 is 4.74 Å². The van der Waals surface area contributed by atoms with E-state index >= 15 is 0 Å². The van der Waals surface area contributed by atoms with Gasteiger partial charge in [0.2, 0.25) is 0 Å². The number of hydrogen-bond donors (Lipinski definition) is 0. The fourth-order valence-electron chi connectivity index (χ4n) is 1.53. The Bertz CT molecular complexity index is 612. The Morgan fingerprint density at radius 3 is 2.32 bits per heavy atom. The molecule has 2 aromatic rings. The predicted molar refractivity (Wildman–Crippen MR) is 71.9 cm³/mol. The summed E-state index contributed by atoms with van der Waals surface area (Å²) in [6.07, 6.45) is 0.178. The van der Waals surface area contributed by atoms with E-state index in [1.165, 1.54) is 0 Å². The number of carbonyl (C=O) groups is 1. The standard InChI is InChI=1S/C15H10ClNO2/c16-13-5-1-11(2-6-13)9-15(18)19-14-7-3-12(10-17)4-8-14/h1-8H,9H2. The maximum Gasteiger partial charge on any atom is 0.315 e. The normalized spacial score (nSPS) is 9.68. The van der Waals surface area contributed by atoms with Crippen LogP contribution >= 0.6 is 11.6 Å². The molecular formula is C15H10ClNO2. The number of carbonyl (C=O) groups excluding carboxylic acids is 1. The van der Waals surface area contributed by atoms with E-state index < -0.39 is 0 Å². The van der Waals surface area contributed by atoms with Crippen molar-refractivity contribution in [1.82, 2.24) is 0 Å². The molecule has 3 nitrogen and oxygen atoms in total. The number of hydrogen-bond acceptors (Lipinski definition) is 3. The van der Waals surface area contributed by atoms with Crippen LogP contribution in [0.25, 0.3) is 0 Å². The Morgan fingerprint density at radius 1 is 1.11 bits per heavy atom. The molecule has 0 aromatic heterocycles. The van der Waals surface area contributed by atoms with E-state index in [1.54, 1.807) is 48.5 Å². The average Bonchev–Trinajstić information content (AvgIpc) is 2.42. The highest BCUT2D eigenvalue weighted by Gasteiger charge is 2.06. The van der Waals surface area contributed by atoms with E-state index in [2.05, 4.69) is 0 Å². The molecule has 0 saturated heterocycles. The summed E-state index contributed by atoms with van der Waals surface area (Å²) in [6.45, 7) is 0. The number of halogens is 1. The van der Waals surface area contributed by atoms with Gasteiger partial charge in [-0.3, -0.25) is 4.79 Å². The third-order valence-electron chi connectivity index (χ3n) is 2.48. The number of ether oxygens (including phenoxy) is 1. The smallest absolute Gasteiger partial charge is 0.315 e. The number of esters is 1. The second-order valence-corrected chi connectivity index (χ2v) is 4.35. The molecule has 0 saturated carbocycles. The van der Waals surface area contributed by atoms with Crippen LogP contribution in [0.1, 0.15) is 11.1 Å². The lowest BCUT2D eigenvalue weighted by atomic mass is 10.1. The summed E-state index contributed by atoms with van der Waals surface area (Å²) < 4.78 is 5.17. The van der Waals surface area contributed by atoms with Crippen LogP contribution in [0.15, 0.2) is 48.5 Å². The van der Waals surface area contributed by atoms with Gasteiger partial charge >= 0.3 is 5.97 Å². The molecule has 0 aliphatic heterocycles. The molecule has 4 heteroatoms. The second kappa shape index (κ2) is 6.03. The molecule has 0 aliphatic carbocycles. The summed E-state index contributed by atoms with van der Waals surface area (Å²) in [5.74, 6) is 0.0741. The molecule has 2 rings (SSSR count). The van der Waals surface area contributed by atoms with Gasteiger partial charge in [-0.15, -0.1) is 0 Å². The Hall–Kier alpha value is -2.31. The summed E-state index contributed by atoms with van der Waals surface area (Å²) in [5.41, 5.74) is 1.36. The fourth-order valence-corrected chi connectivity index (χ4v) is 1.66. The van der Waals surface area contributed by atoms with Gasteiger partial charge < -0.3 is 4.74 Å². The van der Waals surface area contributed by atoms with Crippen molar-refractivity contribution in [1.29, 1.82) is 5.26 Å². The first-order chi connectivity index (χ1) is 9.17. The molecule has 0 bridgehead atoms. The van der Waals surface area contributed by atoms with Gasteiger partial charge in [0, 0.05) is 5.02 Å². The topological polar surface area (TPSA) is 50.1 Å². The van der Waals surface area contributed by atoms with Crippen molar-refractivity contribution in [2.45, 2.75) is 6.42 Å². The maximum absolute atomic E-state index is 11.7. The number of benzene rings is 2. The second-order valence-electron chi connectivity index (χ2n) is 3.91. The first-order valence-electron chi connectivity index (χ1n) is 5.62. The van der Waals surface area contributed by atoms with Gasteiger partial charge in [0.15, 0.2) is 0 Å². The van der Waals surface area contributed by atoms with Crippen molar-refractivity contribution in [2.75, 3.05) is 0 Å². The van der Waals surface area contributed by atoms with Crippen molar-refractivity contribution in [2.24, 2.45) is 0 Å². The van der Waals surface area contributed by atoms with Crippen molar-refractivity contribution in [3.8, 4) is 11.8 Å². The van der Waals surface area contributed by atoms with Crippen LogP contribution in [-0.2, 0) is 11.2 Å². The van der Waals surface area contributed by atoms with Crippen LogP contribution in [0.4, 0.5) is 0 Å². The molecule has 0 amide bonds. The highest BCUT2D eigenvalue weighted by Crippen LogP contribution is 2.14. The van der Waals surface area contributed by atoms with Gasteiger partial charge in [-0.05, 0) is 42.0 Å². The Labute approximate surface area is 116 Å². The summed E-state index contributed by atoms with van der Waals surface area (Å²) in [5, 5.41) is 9.29. The van der Waals surface area contributed by atoms with Crippen molar-refractivity contribution in [3.05, 3.63) is 64.7 Å². The van der Waals surface area contributed by atoms with Crippen LogP contribution in [0.2, 0.25) is 5.02 Å². The molecule has 19 heavy (non-hydrogen) atoms. The number of nitrogens with zero attached hydrogens (tertiary/aromatic N) is 1. The third kappa shape index (κ3) is 3.84. The highest BCUT2D eigenvalue weighted by atomic mass is 35.5. The zero-order valence-electron chi connectivity index (χ0n) is 9.97. The Morgan fingerprint density at radius 2 is 1.74 bits per heavy atom.